The molecule has 0 saturated heterocycles. The Balaban J connectivity index is 1.33. The second-order valence-electron chi connectivity index (χ2n) is 8.15. The molecule has 1 aromatic carbocycles. The molecule has 2 aliphatic rings. The van der Waals surface area contributed by atoms with Gasteiger partial charge in [0, 0.05) is 31.3 Å². The van der Waals surface area contributed by atoms with Gasteiger partial charge in [-0.3, -0.25) is 0 Å². The molecule has 0 atom stereocenters. The molecule has 1 fully saturated rings. The van der Waals surface area contributed by atoms with E-state index in [-0.39, 0.29) is 0 Å². The van der Waals surface area contributed by atoms with Crippen molar-refractivity contribution in [1.29, 1.82) is 0 Å². The monoisotopic (exact) mass is 443 g/mol. The molecule has 1 aliphatic carbocycles. The van der Waals surface area contributed by atoms with Gasteiger partial charge in [0.1, 0.15) is 6.54 Å². The van der Waals surface area contributed by atoms with Crippen molar-refractivity contribution >= 4 is 11.6 Å². The van der Waals surface area contributed by atoms with Crippen LogP contribution >= 0.6 is 0 Å². The number of anilines is 1. The maximum absolute atomic E-state index is 6.03. The van der Waals surface area contributed by atoms with Crippen LogP contribution in [0.3, 0.4) is 0 Å². The Labute approximate surface area is 188 Å². The van der Waals surface area contributed by atoms with Gasteiger partial charge in [0.25, 0.3) is 0 Å². The van der Waals surface area contributed by atoms with Crippen molar-refractivity contribution in [2.24, 2.45) is 4.99 Å². The Bertz CT molecular complexity index is 879. The van der Waals surface area contributed by atoms with Crippen molar-refractivity contribution in [2.75, 3.05) is 31.7 Å². The number of guanidine groups is 1. The molecular weight excluding hydrogens is 410 g/mol. The van der Waals surface area contributed by atoms with Crippen LogP contribution in [-0.4, -0.2) is 48.6 Å². The second-order valence-corrected chi connectivity index (χ2v) is 8.15. The molecule has 9 heteroatoms. The van der Waals surface area contributed by atoms with Gasteiger partial charge in [-0.2, -0.15) is 4.98 Å². The maximum atomic E-state index is 6.03. The molecule has 2 heterocycles. The largest absolute Gasteiger partial charge is 0.490 e. The molecule has 9 nitrogen and oxygen atoms in total. The average Bonchev–Trinajstić information content (AvgIpc) is 3.09. The summed E-state index contributed by atoms with van der Waals surface area (Å²) in [5, 5.41) is 10.5. The molecule has 0 bridgehead atoms. The zero-order chi connectivity index (χ0) is 22.0. The normalized spacial score (nSPS) is 17.1. The number of benzene rings is 1. The molecule has 0 amide bonds. The minimum absolute atomic E-state index is 0.291. The van der Waals surface area contributed by atoms with E-state index < -0.39 is 0 Å². The first-order valence-corrected chi connectivity index (χ1v) is 11.6. The van der Waals surface area contributed by atoms with E-state index in [0.717, 1.165) is 43.2 Å². The van der Waals surface area contributed by atoms with Crippen LogP contribution in [-0.2, 0) is 11.3 Å². The van der Waals surface area contributed by atoms with Crippen molar-refractivity contribution in [1.82, 2.24) is 15.5 Å². The Morgan fingerprint density at radius 2 is 1.97 bits per heavy atom. The Morgan fingerprint density at radius 3 is 2.78 bits per heavy atom. The predicted octanol–water partition coefficient (Wildman–Crippen LogP) is 3.84. The molecule has 32 heavy (non-hydrogen) atoms. The van der Waals surface area contributed by atoms with Crippen LogP contribution in [0, 0.1) is 6.92 Å². The van der Waals surface area contributed by atoms with Crippen molar-refractivity contribution in [3.8, 4) is 11.5 Å². The lowest BCUT2D eigenvalue weighted by Gasteiger charge is -2.22. The number of aliphatic imine (C=N–C) groups is 1. The predicted molar refractivity (Wildman–Crippen MR) is 121 cm³/mol. The van der Waals surface area contributed by atoms with Gasteiger partial charge in [0.05, 0.1) is 19.3 Å². The van der Waals surface area contributed by atoms with E-state index in [1.54, 1.807) is 6.92 Å². The molecule has 4 rings (SSSR count). The molecular formula is C23H33N5O4. The second kappa shape index (κ2) is 11.7. The summed E-state index contributed by atoms with van der Waals surface area (Å²) in [6.07, 6.45) is 8.49. The number of hydrogen-bond acceptors (Lipinski definition) is 7. The number of fused-ring (bicyclic) bond motifs is 1. The van der Waals surface area contributed by atoms with Gasteiger partial charge in [-0.1, -0.05) is 24.4 Å². The third-order valence-electron chi connectivity index (χ3n) is 5.47. The van der Waals surface area contributed by atoms with Crippen molar-refractivity contribution < 1.29 is 18.7 Å². The highest BCUT2D eigenvalue weighted by Crippen LogP contribution is 2.32. The van der Waals surface area contributed by atoms with E-state index in [2.05, 4.69) is 25.8 Å². The summed E-state index contributed by atoms with van der Waals surface area (Å²) in [6, 6.07) is 5.80. The first kappa shape index (κ1) is 22.4. The molecule has 2 aromatic rings. The molecule has 0 spiro atoms. The smallest absolute Gasteiger partial charge is 0.248 e. The molecule has 174 valence electrons. The topological polar surface area (TPSA) is 103 Å². The lowest BCUT2D eigenvalue weighted by atomic mass is 9.98. The molecule has 0 unspecified atom stereocenters. The fourth-order valence-electron chi connectivity index (χ4n) is 3.83. The van der Waals surface area contributed by atoms with Crippen LogP contribution in [0.15, 0.2) is 27.7 Å². The van der Waals surface area contributed by atoms with E-state index in [1.165, 1.54) is 32.1 Å². The third kappa shape index (κ3) is 6.85. The van der Waals surface area contributed by atoms with Crippen molar-refractivity contribution in [3.63, 3.8) is 0 Å². The lowest BCUT2D eigenvalue weighted by molar-refractivity contribution is 0.0277. The molecule has 1 aromatic heterocycles. The van der Waals surface area contributed by atoms with Crippen LogP contribution in [0.25, 0.3) is 0 Å². The molecule has 1 aliphatic heterocycles. The zero-order valence-electron chi connectivity index (χ0n) is 18.8. The van der Waals surface area contributed by atoms with E-state index in [9.17, 15) is 0 Å². The maximum Gasteiger partial charge on any atom is 0.248 e. The fraction of sp³-hybridized carbons (Fsp3) is 0.609. The third-order valence-corrected chi connectivity index (χ3v) is 5.47. The van der Waals surface area contributed by atoms with Gasteiger partial charge >= 0.3 is 0 Å². The minimum Gasteiger partial charge on any atom is -0.490 e. The Morgan fingerprint density at radius 1 is 1.12 bits per heavy atom. The van der Waals surface area contributed by atoms with E-state index in [0.29, 0.717) is 43.5 Å². The van der Waals surface area contributed by atoms with E-state index in [4.69, 9.17) is 18.7 Å². The average molecular weight is 444 g/mol. The van der Waals surface area contributed by atoms with Gasteiger partial charge in [0.15, 0.2) is 23.3 Å². The number of hydrogen-bond donors (Lipinski definition) is 2. The summed E-state index contributed by atoms with van der Waals surface area (Å²) in [4.78, 5) is 8.83. The highest BCUT2D eigenvalue weighted by Gasteiger charge is 2.14. The highest BCUT2D eigenvalue weighted by atomic mass is 16.5. The number of aromatic nitrogens is 2. The zero-order valence-corrected chi connectivity index (χ0v) is 18.8. The first-order valence-electron chi connectivity index (χ1n) is 11.6. The van der Waals surface area contributed by atoms with Gasteiger partial charge < -0.3 is 29.4 Å². The molecule has 0 radical (unpaired) electrons. The van der Waals surface area contributed by atoms with Crippen LogP contribution in [0.1, 0.15) is 56.7 Å². The van der Waals surface area contributed by atoms with Crippen LogP contribution in [0.4, 0.5) is 5.69 Å². The number of ether oxygens (including phenoxy) is 3. The molecule has 2 N–H and O–H groups in total. The summed E-state index contributed by atoms with van der Waals surface area (Å²) in [5.41, 5.74) is 0.862. The fourth-order valence-corrected chi connectivity index (χ4v) is 3.83. The summed E-state index contributed by atoms with van der Waals surface area (Å²) in [5.74, 6) is 3.21. The summed E-state index contributed by atoms with van der Waals surface area (Å²) in [6.45, 7) is 4.88. The van der Waals surface area contributed by atoms with E-state index in [1.807, 2.05) is 18.2 Å². The number of rotatable bonds is 8. The van der Waals surface area contributed by atoms with Gasteiger partial charge in [0.2, 0.25) is 5.89 Å². The van der Waals surface area contributed by atoms with Crippen molar-refractivity contribution in [3.05, 3.63) is 29.9 Å². The van der Waals surface area contributed by atoms with Crippen LogP contribution in [0.5, 0.6) is 11.5 Å². The van der Waals surface area contributed by atoms with Gasteiger partial charge in [-0.05, 0) is 38.3 Å². The van der Waals surface area contributed by atoms with E-state index >= 15 is 0 Å². The summed E-state index contributed by atoms with van der Waals surface area (Å²) in [7, 11) is 0. The molecule has 1 saturated carbocycles. The summed E-state index contributed by atoms with van der Waals surface area (Å²) < 4.78 is 22.7. The van der Waals surface area contributed by atoms with Crippen molar-refractivity contribution in [2.45, 2.75) is 64.5 Å². The quantitative estimate of drug-likeness (QED) is 0.360. The first-order chi connectivity index (χ1) is 15.8. The number of nitrogens with zero attached hydrogens (tertiary/aromatic N) is 3. The van der Waals surface area contributed by atoms with Crippen LogP contribution < -0.4 is 20.1 Å². The SMILES string of the molecule is Cc1noc(CN=C(NCCCOC2CCCCC2)Nc2ccc3c(c2)OCCCO3)n1. The minimum atomic E-state index is 0.291. The standard InChI is InChI=1S/C23H33N5O4/c1-17-26-22(32-28-17)16-25-23(24-11-5-12-29-19-7-3-2-4-8-19)27-18-9-10-20-21(15-18)31-14-6-13-30-20/h9-10,15,19H,2-8,11-14,16H2,1H3,(H2,24,25,27). The van der Waals surface area contributed by atoms with Crippen LogP contribution in [0.2, 0.25) is 0 Å². The number of aryl methyl sites for hydroxylation is 1. The number of nitrogens with one attached hydrogen (secondary N) is 2. The Hall–Kier alpha value is -2.81. The van der Waals surface area contributed by atoms with Gasteiger partial charge in [-0.15, -0.1) is 0 Å². The van der Waals surface area contributed by atoms with Gasteiger partial charge in [-0.25, -0.2) is 4.99 Å². The Kier molecular flexibility index (Phi) is 8.19. The lowest BCUT2D eigenvalue weighted by Crippen LogP contribution is -2.32. The highest BCUT2D eigenvalue weighted by molar-refractivity contribution is 5.93. The summed E-state index contributed by atoms with van der Waals surface area (Å²) >= 11 is 0.